The van der Waals surface area contributed by atoms with Gasteiger partial charge in [0.05, 0.1) is 12.3 Å². The summed E-state index contributed by atoms with van der Waals surface area (Å²) in [6.07, 6.45) is -3.48. The van der Waals surface area contributed by atoms with Gasteiger partial charge in [0.2, 0.25) is 0 Å². The molecule has 2 aliphatic heterocycles. The van der Waals surface area contributed by atoms with E-state index in [9.17, 15) is 25.4 Å². The van der Waals surface area contributed by atoms with Gasteiger partial charge in [0.15, 0.2) is 23.3 Å². The summed E-state index contributed by atoms with van der Waals surface area (Å²) in [4.78, 5) is 24.8. The minimum atomic E-state index is -1.36. The van der Waals surface area contributed by atoms with Gasteiger partial charge in [0.1, 0.15) is 24.1 Å². The Morgan fingerprint density at radius 3 is 2.57 bits per heavy atom. The predicted octanol–water partition coefficient (Wildman–Crippen LogP) is 4.09. The van der Waals surface area contributed by atoms with Crippen molar-refractivity contribution in [3.05, 3.63) is 76.3 Å². The van der Waals surface area contributed by atoms with Crippen LogP contribution < -0.4 is 0 Å². The molecule has 222 valence electrons. The van der Waals surface area contributed by atoms with Crippen LogP contribution in [0, 0.1) is 0 Å². The van der Waals surface area contributed by atoms with Crippen LogP contribution in [0.2, 0.25) is 5.15 Å². The van der Waals surface area contributed by atoms with Crippen LogP contribution in [-0.2, 0) is 34.0 Å². The Labute approximate surface area is 246 Å². The molecule has 1 aromatic heterocycles. The van der Waals surface area contributed by atoms with Gasteiger partial charge in [-0.2, -0.15) is 5.11 Å². The summed E-state index contributed by atoms with van der Waals surface area (Å²) in [5.74, 6) is -0.100. The maximum absolute atomic E-state index is 11.5. The van der Waals surface area contributed by atoms with E-state index in [-0.39, 0.29) is 13.0 Å². The number of unbranched alkanes of at least 4 members (excludes halogenated alkanes) is 1. The van der Waals surface area contributed by atoms with Crippen LogP contribution in [0.3, 0.4) is 0 Å². The van der Waals surface area contributed by atoms with E-state index in [1.807, 2.05) is 53.1 Å². The number of carboxylic acid groups (broad SMARTS) is 1. The van der Waals surface area contributed by atoms with Crippen LogP contribution in [0.5, 0.6) is 0 Å². The zero-order chi connectivity index (χ0) is 29.8. The highest BCUT2D eigenvalue weighted by Gasteiger charge is 2.46. The van der Waals surface area contributed by atoms with Gasteiger partial charge in [0, 0.05) is 24.9 Å². The molecular formula is C29H32ClN5O7. The number of hydrogen-bond donors (Lipinski definition) is 4. The highest BCUT2D eigenvalue weighted by Crippen LogP contribution is 2.32. The summed E-state index contributed by atoms with van der Waals surface area (Å²) in [7, 11) is 0. The van der Waals surface area contributed by atoms with Crippen LogP contribution in [0.1, 0.15) is 48.8 Å². The van der Waals surface area contributed by atoms with E-state index in [4.69, 9.17) is 16.3 Å². The lowest BCUT2D eigenvalue weighted by atomic mass is 9.96. The average Bonchev–Trinajstić information content (AvgIpc) is 3.60. The number of aliphatic hydroxyl groups is 2. The largest absolute Gasteiger partial charge is 0.479 e. The van der Waals surface area contributed by atoms with Crippen LogP contribution in [0.4, 0.5) is 0 Å². The molecule has 42 heavy (non-hydrogen) atoms. The van der Waals surface area contributed by atoms with Crippen LogP contribution >= 0.6 is 11.6 Å². The zero-order valence-electron chi connectivity index (χ0n) is 22.9. The third kappa shape index (κ3) is 6.14. The predicted molar refractivity (Wildman–Crippen MR) is 152 cm³/mol. The monoisotopic (exact) mass is 597 g/mol. The van der Waals surface area contributed by atoms with Crippen molar-refractivity contribution in [2.24, 2.45) is 15.2 Å². The number of azo groups is 1. The topological polar surface area (TPSA) is 171 Å². The third-order valence-corrected chi connectivity index (χ3v) is 7.80. The van der Waals surface area contributed by atoms with E-state index in [0.29, 0.717) is 28.8 Å². The number of carbonyl (C=O) groups is 1. The average molecular weight is 598 g/mol. The van der Waals surface area contributed by atoms with Crippen molar-refractivity contribution in [2.45, 2.75) is 76.3 Å². The highest BCUT2D eigenvalue weighted by atomic mass is 35.5. The number of rotatable bonds is 11. The summed E-state index contributed by atoms with van der Waals surface area (Å²) in [5, 5.41) is 47.8. The fourth-order valence-corrected chi connectivity index (χ4v) is 5.48. The Balaban J connectivity index is 1.38. The molecule has 0 amide bonds. The fourth-order valence-electron chi connectivity index (χ4n) is 5.22. The standard InChI is InChI=1S/C29H32ClN5O7/c1-2-3-8-23-31-26(30)20(15-36)35(23)14-16-9-11-17(12-10-16)18-6-4-5-7-19(18)27-32-28(34-33-27)25-24(37)21(42-40)13-22(41-25)29(38)39/h4-7,9-12,21-22,24-25,28,36-37,40H,2-3,8,13-15H2,1H3,(H,38,39). The second kappa shape index (κ2) is 13.2. The van der Waals surface area contributed by atoms with E-state index < -0.39 is 36.6 Å². The SMILES string of the molecule is CCCCc1nc(Cl)c(CO)n1Cc1ccc(-c2ccccc2C2=NC(C3OC(C(=O)O)CC(OO)C3O)N=N2)cc1. The molecule has 5 atom stereocenters. The molecule has 3 heterocycles. The van der Waals surface area contributed by atoms with Gasteiger partial charge in [-0.1, -0.05) is 73.5 Å². The van der Waals surface area contributed by atoms with Crippen LogP contribution in [0.25, 0.3) is 11.1 Å². The highest BCUT2D eigenvalue weighted by molar-refractivity contribution is 6.30. The van der Waals surface area contributed by atoms with E-state index in [2.05, 4.69) is 32.0 Å². The summed E-state index contributed by atoms with van der Waals surface area (Å²) >= 11 is 6.30. The number of aliphatic hydroxyl groups excluding tert-OH is 2. The maximum atomic E-state index is 11.5. The Morgan fingerprint density at radius 2 is 1.90 bits per heavy atom. The quantitative estimate of drug-likeness (QED) is 0.189. The molecule has 2 aromatic carbocycles. The first-order valence-corrected chi connectivity index (χ1v) is 14.1. The van der Waals surface area contributed by atoms with Gasteiger partial charge in [-0.25, -0.2) is 19.7 Å². The molecule has 0 aliphatic carbocycles. The maximum Gasteiger partial charge on any atom is 0.332 e. The van der Waals surface area contributed by atoms with Gasteiger partial charge in [-0.3, -0.25) is 5.26 Å². The van der Waals surface area contributed by atoms with Gasteiger partial charge >= 0.3 is 5.97 Å². The van der Waals surface area contributed by atoms with Crippen molar-refractivity contribution < 1.29 is 35.0 Å². The lowest BCUT2D eigenvalue weighted by Gasteiger charge is -2.36. The lowest BCUT2D eigenvalue weighted by Crippen LogP contribution is -2.54. The molecule has 12 nitrogen and oxygen atoms in total. The Kier molecular flexibility index (Phi) is 9.41. The molecule has 0 saturated carbocycles. The molecular weight excluding hydrogens is 566 g/mol. The second-order valence-corrected chi connectivity index (χ2v) is 10.6. The van der Waals surface area contributed by atoms with E-state index in [0.717, 1.165) is 41.8 Å². The van der Waals surface area contributed by atoms with Crippen LogP contribution in [-0.4, -0.2) is 72.5 Å². The molecule has 4 N–H and O–H groups in total. The van der Waals surface area contributed by atoms with Gasteiger partial charge in [-0.05, 0) is 23.1 Å². The minimum absolute atomic E-state index is 0.200. The number of aliphatic carboxylic acids is 1. The van der Waals surface area contributed by atoms with Gasteiger partial charge in [0.25, 0.3) is 0 Å². The first-order chi connectivity index (χ1) is 20.3. The Bertz CT molecular complexity index is 1480. The lowest BCUT2D eigenvalue weighted by molar-refractivity contribution is -0.325. The van der Waals surface area contributed by atoms with Crippen LogP contribution in [0.15, 0.2) is 63.8 Å². The van der Waals surface area contributed by atoms with Gasteiger partial charge in [-0.15, -0.1) is 5.11 Å². The van der Waals surface area contributed by atoms with E-state index in [1.54, 1.807) is 0 Å². The van der Waals surface area contributed by atoms with E-state index >= 15 is 0 Å². The Hall–Kier alpha value is -3.52. The summed E-state index contributed by atoms with van der Waals surface area (Å²) in [6, 6.07) is 15.5. The molecule has 3 aromatic rings. The normalized spacial score (nSPS) is 23.7. The van der Waals surface area contributed by atoms with Crippen molar-refractivity contribution >= 4 is 23.4 Å². The molecule has 0 bridgehead atoms. The molecule has 2 aliphatic rings. The number of halogens is 1. The number of hydrogen-bond acceptors (Lipinski definition) is 10. The smallest absolute Gasteiger partial charge is 0.332 e. The van der Waals surface area contributed by atoms with Gasteiger partial charge < -0.3 is 24.6 Å². The van der Waals surface area contributed by atoms with Crippen molar-refractivity contribution in [3.63, 3.8) is 0 Å². The van der Waals surface area contributed by atoms with E-state index in [1.165, 1.54) is 0 Å². The summed E-state index contributed by atoms with van der Waals surface area (Å²) in [6.45, 7) is 2.42. The molecule has 1 saturated heterocycles. The molecule has 1 fully saturated rings. The minimum Gasteiger partial charge on any atom is -0.479 e. The first kappa shape index (κ1) is 30.0. The number of aliphatic imine (C=N–C) groups is 1. The zero-order valence-corrected chi connectivity index (χ0v) is 23.6. The number of aromatic nitrogens is 2. The van der Waals surface area contributed by atoms with Crippen molar-refractivity contribution in [1.82, 2.24) is 9.55 Å². The van der Waals surface area contributed by atoms with Crippen molar-refractivity contribution in [1.29, 1.82) is 0 Å². The second-order valence-electron chi connectivity index (χ2n) is 10.2. The number of benzene rings is 2. The number of aryl methyl sites for hydroxylation is 1. The molecule has 0 spiro atoms. The van der Waals surface area contributed by atoms with Crippen molar-refractivity contribution in [3.8, 4) is 11.1 Å². The summed E-state index contributed by atoms with van der Waals surface area (Å²) < 4.78 is 7.52. The number of imidazole rings is 1. The molecule has 5 rings (SSSR count). The molecule has 5 unspecified atom stereocenters. The Morgan fingerprint density at radius 1 is 1.17 bits per heavy atom. The number of ether oxygens (including phenoxy) is 1. The fraction of sp³-hybridized carbons (Fsp3) is 0.414. The number of amidine groups is 1. The number of carboxylic acids is 1. The first-order valence-electron chi connectivity index (χ1n) is 13.7. The molecule has 0 radical (unpaired) electrons. The molecule has 13 heteroatoms. The summed E-state index contributed by atoms with van der Waals surface area (Å²) in [5.41, 5.74) is 4.04. The number of nitrogens with zero attached hydrogens (tertiary/aromatic N) is 5. The van der Waals surface area contributed by atoms with Crippen molar-refractivity contribution in [2.75, 3.05) is 0 Å². The third-order valence-electron chi connectivity index (χ3n) is 7.50.